The van der Waals surface area contributed by atoms with Gasteiger partial charge in [0.25, 0.3) is 0 Å². The number of hydrogen-bond acceptors (Lipinski definition) is 4. The van der Waals surface area contributed by atoms with Crippen LogP contribution in [-0.4, -0.2) is 46.0 Å². The van der Waals surface area contributed by atoms with Crippen molar-refractivity contribution >= 4 is 5.96 Å². The first kappa shape index (κ1) is 23.2. The molecule has 1 aliphatic rings. The summed E-state index contributed by atoms with van der Waals surface area (Å²) in [4.78, 5) is 4.26. The van der Waals surface area contributed by atoms with Gasteiger partial charge in [0.1, 0.15) is 0 Å². The number of alkyl halides is 2. The summed E-state index contributed by atoms with van der Waals surface area (Å²) < 4.78 is 40.8. The van der Waals surface area contributed by atoms with Gasteiger partial charge in [-0.2, -0.15) is 8.78 Å². The van der Waals surface area contributed by atoms with Crippen molar-refractivity contribution in [3.05, 3.63) is 23.8 Å². The Balaban J connectivity index is 1.93. The number of aliphatic imine (C=N–C) groups is 1. The fourth-order valence-electron chi connectivity index (χ4n) is 3.66. The normalized spacial score (nSPS) is 20.5. The van der Waals surface area contributed by atoms with Crippen LogP contribution in [0, 0.1) is 11.3 Å². The van der Waals surface area contributed by atoms with E-state index in [0.29, 0.717) is 18.4 Å². The van der Waals surface area contributed by atoms with E-state index in [-0.39, 0.29) is 23.0 Å². The molecule has 0 saturated carbocycles. The minimum absolute atomic E-state index is 0.0112. The first-order chi connectivity index (χ1) is 13.7. The van der Waals surface area contributed by atoms with Crippen LogP contribution in [0.4, 0.5) is 8.78 Å². The number of guanidine groups is 1. The van der Waals surface area contributed by atoms with Gasteiger partial charge in [-0.3, -0.25) is 4.99 Å². The van der Waals surface area contributed by atoms with Crippen LogP contribution in [0.1, 0.15) is 39.2 Å². The third-order valence-electron chi connectivity index (χ3n) is 4.96. The lowest BCUT2D eigenvalue weighted by Crippen LogP contribution is -2.47. The van der Waals surface area contributed by atoms with E-state index in [0.717, 1.165) is 31.6 Å². The minimum Gasteiger partial charge on any atom is -0.493 e. The summed E-state index contributed by atoms with van der Waals surface area (Å²) >= 11 is 0. The summed E-state index contributed by atoms with van der Waals surface area (Å²) in [6, 6.07) is 4.94. The van der Waals surface area contributed by atoms with E-state index in [9.17, 15) is 8.78 Å². The van der Waals surface area contributed by atoms with E-state index < -0.39 is 6.61 Å². The minimum atomic E-state index is -2.91. The molecule has 1 heterocycles. The summed E-state index contributed by atoms with van der Waals surface area (Å²) in [5.74, 6) is 1.32. The molecule has 0 amide bonds. The lowest BCUT2D eigenvalue weighted by Gasteiger charge is -2.40. The molecule has 0 radical (unpaired) electrons. The molecule has 0 spiro atoms. The number of hydrogen-bond donors (Lipinski definition) is 2. The molecule has 2 N–H and O–H groups in total. The van der Waals surface area contributed by atoms with Gasteiger partial charge in [-0.1, -0.05) is 26.8 Å². The van der Waals surface area contributed by atoms with Gasteiger partial charge in [-0.05, 0) is 36.0 Å². The zero-order chi connectivity index (χ0) is 21.4. The lowest BCUT2D eigenvalue weighted by molar-refractivity contribution is -0.0835. The largest absolute Gasteiger partial charge is 0.493 e. The quantitative estimate of drug-likeness (QED) is 0.526. The maximum absolute atomic E-state index is 12.6. The standard InChI is InChI=1S/C21H33F2N3O3/c1-21(2,3)18-15(7-6-10-28-18)13-26-20(24-4)25-12-14-8-9-16(27-5)17(11-14)29-19(22)23/h8-9,11,15,18-19H,6-7,10,12-13H2,1-5H3,(H2,24,25,26). The monoisotopic (exact) mass is 413 g/mol. The summed E-state index contributed by atoms with van der Waals surface area (Å²) in [6.45, 7) is 5.67. The van der Waals surface area contributed by atoms with Crippen molar-refractivity contribution in [3.63, 3.8) is 0 Å². The molecular weight excluding hydrogens is 380 g/mol. The van der Waals surface area contributed by atoms with Crippen LogP contribution in [0.25, 0.3) is 0 Å². The molecule has 2 atom stereocenters. The Morgan fingerprint density at radius 1 is 1.28 bits per heavy atom. The van der Waals surface area contributed by atoms with Crippen LogP contribution < -0.4 is 20.1 Å². The number of rotatable bonds is 7. The maximum Gasteiger partial charge on any atom is 0.387 e. The fourth-order valence-corrected chi connectivity index (χ4v) is 3.66. The van der Waals surface area contributed by atoms with E-state index >= 15 is 0 Å². The molecule has 0 bridgehead atoms. The Bertz CT molecular complexity index is 678. The van der Waals surface area contributed by atoms with Gasteiger partial charge in [0.05, 0.1) is 13.2 Å². The van der Waals surface area contributed by atoms with Gasteiger partial charge in [-0.25, -0.2) is 0 Å². The number of halogens is 2. The molecule has 2 rings (SSSR count). The Kier molecular flexibility index (Phi) is 8.49. The number of methoxy groups -OCH3 is 1. The van der Waals surface area contributed by atoms with Crippen LogP contribution in [0.2, 0.25) is 0 Å². The van der Waals surface area contributed by atoms with Crippen LogP contribution in [-0.2, 0) is 11.3 Å². The summed E-state index contributed by atoms with van der Waals surface area (Å²) in [5, 5.41) is 6.57. The smallest absolute Gasteiger partial charge is 0.387 e. The highest BCUT2D eigenvalue weighted by atomic mass is 19.3. The van der Waals surface area contributed by atoms with Crippen molar-refractivity contribution in [2.24, 2.45) is 16.3 Å². The second-order valence-corrected chi connectivity index (χ2v) is 8.23. The van der Waals surface area contributed by atoms with Crippen molar-refractivity contribution in [2.45, 2.75) is 52.9 Å². The lowest BCUT2D eigenvalue weighted by atomic mass is 9.78. The van der Waals surface area contributed by atoms with Gasteiger partial charge in [0.15, 0.2) is 17.5 Å². The predicted molar refractivity (Wildman–Crippen MR) is 110 cm³/mol. The molecule has 0 aliphatic carbocycles. The zero-order valence-electron chi connectivity index (χ0n) is 17.9. The van der Waals surface area contributed by atoms with Crippen LogP contribution in [0.15, 0.2) is 23.2 Å². The number of nitrogens with zero attached hydrogens (tertiary/aromatic N) is 1. The molecule has 29 heavy (non-hydrogen) atoms. The zero-order valence-corrected chi connectivity index (χ0v) is 17.9. The van der Waals surface area contributed by atoms with Crippen LogP contribution in [0.3, 0.4) is 0 Å². The molecule has 6 nitrogen and oxygen atoms in total. The highest BCUT2D eigenvalue weighted by Gasteiger charge is 2.35. The second kappa shape index (κ2) is 10.6. The third-order valence-corrected chi connectivity index (χ3v) is 4.96. The average molecular weight is 414 g/mol. The third kappa shape index (κ3) is 7.03. The Morgan fingerprint density at radius 3 is 2.66 bits per heavy atom. The maximum atomic E-state index is 12.6. The second-order valence-electron chi connectivity index (χ2n) is 8.23. The van der Waals surface area contributed by atoms with Crippen molar-refractivity contribution in [1.82, 2.24) is 10.6 Å². The molecule has 8 heteroatoms. The van der Waals surface area contributed by atoms with E-state index in [4.69, 9.17) is 9.47 Å². The molecule has 0 aromatic heterocycles. The molecule has 2 unspecified atom stereocenters. The van der Waals surface area contributed by atoms with Crippen LogP contribution in [0.5, 0.6) is 11.5 Å². The highest BCUT2D eigenvalue weighted by molar-refractivity contribution is 5.79. The average Bonchev–Trinajstić information content (AvgIpc) is 2.67. The number of nitrogens with one attached hydrogen (secondary N) is 2. The molecule has 1 saturated heterocycles. The van der Waals surface area contributed by atoms with Crippen molar-refractivity contribution in [2.75, 3.05) is 27.3 Å². The fraction of sp³-hybridized carbons (Fsp3) is 0.667. The molecule has 164 valence electrons. The predicted octanol–water partition coefficient (Wildman–Crippen LogP) is 3.80. The molecule has 1 aromatic carbocycles. The summed E-state index contributed by atoms with van der Waals surface area (Å²) in [5.41, 5.74) is 0.853. The van der Waals surface area contributed by atoms with E-state index in [1.165, 1.54) is 13.2 Å². The highest BCUT2D eigenvalue weighted by Crippen LogP contribution is 2.33. The number of benzene rings is 1. The van der Waals surface area contributed by atoms with Gasteiger partial charge in [0, 0.05) is 32.7 Å². The van der Waals surface area contributed by atoms with Crippen molar-refractivity contribution in [1.29, 1.82) is 0 Å². The first-order valence-electron chi connectivity index (χ1n) is 9.92. The van der Waals surface area contributed by atoms with Gasteiger partial charge in [0.2, 0.25) is 0 Å². The van der Waals surface area contributed by atoms with Crippen LogP contribution >= 0.6 is 0 Å². The molecule has 1 fully saturated rings. The molecular formula is C21H33F2N3O3. The van der Waals surface area contributed by atoms with Gasteiger partial charge >= 0.3 is 6.61 Å². The van der Waals surface area contributed by atoms with Crippen molar-refractivity contribution in [3.8, 4) is 11.5 Å². The van der Waals surface area contributed by atoms with E-state index in [1.807, 2.05) is 0 Å². The Hall–Kier alpha value is -2.09. The summed E-state index contributed by atoms with van der Waals surface area (Å²) in [6.07, 6.45) is 2.36. The summed E-state index contributed by atoms with van der Waals surface area (Å²) in [7, 11) is 3.12. The van der Waals surface area contributed by atoms with Gasteiger partial charge < -0.3 is 24.8 Å². The Morgan fingerprint density at radius 2 is 2.03 bits per heavy atom. The molecule has 1 aliphatic heterocycles. The molecule has 1 aromatic rings. The van der Waals surface area contributed by atoms with Gasteiger partial charge in [-0.15, -0.1) is 0 Å². The van der Waals surface area contributed by atoms with E-state index in [1.54, 1.807) is 19.2 Å². The SMILES string of the molecule is CN=C(NCc1ccc(OC)c(OC(F)F)c1)NCC1CCCOC1C(C)(C)C. The van der Waals surface area contributed by atoms with E-state index in [2.05, 4.69) is 41.1 Å². The first-order valence-corrected chi connectivity index (χ1v) is 9.92. The number of ether oxygens (including phenoxy) is 3. The van der Waals surface area contributed by atoms with Crippen molar-refractivity contribution < 1.29 is 23.0 Å². The topological polar surface area (TPSA) is 64.1 Å². The Labute approximate surface area is 172 Å².